The maximum absolute atomic E-state index is 13.1. The standard InChI is InChI=1S/C20H13Cl3N4O3S2/c21-12-6-7-16(27-32(29,30)18-3-1-2-17-19(18)26-31-25-17)14(8-12)20(28)24-10-11-4-5-13(22)9-15(11)23/h1-9,27H,10H2,(H,24,28). The van der Waals surface area contributed by atoms with Crippen LogP contribution in [0.5, 0.6) is 0 Å². The Morgan fingerprint density at radius 1 is 0.969 bits per heavy atom. The molecule has 32 heavy (non-hydrogen) atoms. The molecule has 7 nitrogen and oxygen atoms in total. The van der Waals surface area contributed by atoms with Crippen molar-refractivity contribution in [3.8, 4) is 0 Å². The molecule has 0 saturated carbocycles. The number of halogens is 3. The van der Waals surface area contributed by atoms with Crippen molar-refractivity contribution in [3.63, 3.8) is 0 Å². The van der Waals surface area contributed by atoms with E-state index in [9.17, 15) is 13.2 Å². The van der Waals surface area contributed by atoms with Crippen molar-refractivity contribution in [2.75, 3.05) is 4.72 Å². The molecule has 1 amide bonds. The third kappa shape index (κ3) is 4.82. The van der Waals surface area contributed by atoms with Crippen molar-refractivity contribution >= 4 is 79.2 Å². The van der Waals surface area contributed by atoms with Gasteiger partial charge in [-0.05, 0) is 48.0 Å². The van der Waals surface area contributed by atoms with Crippen LogP contribution >= 0.6 is 46.5 Å². The number of hydrogen-bond donors (Lipinski definition) is 2. The quantitative estimate of drug-likeness (QED) is 0.350. The number of benzene rings is 3. The third-order valence-corrected chi connectivity index (χ3v) is 7.23. The summed E-state index contributed by atoms with van der Waals surface area (Å²) >= 11 is 19.0. The molecule has 0 saturated heterocycles. The highest BCUT2D eigenvalue weighted by molar-refractivity contribution is 7.93. The van der Waals surface area contributed by atoms with E-state index in [-0.39, 0.29) is 33.2 Å². The number of aromatic nitrogens is 2. The number of nitrogens with one attached hydrogen (secondary N) is 2. The fourth-order valence-electron chi connectivity index (χ4n) is 2.93. The monoisotopic (exact) mass is 526 g/mol. The Balaban J connectivity index is 1.62. The molecule has 0 atom stereocenters. The topological polar surface area (TPSA) is 101 Å². The third-order valence-electron chi connectivity index (χ3n) is 4.46. The van der Waals surface area contributed by atoms with E-state index in [0.717, 1.165) is 11.7 Å². The predicted octanol–water partition coefficient (Wildman–Crippen LogP) is 5.38. The molecule has 0 radical (unpaired) electrons. The molecular weight excluding hydrogens is 515 g/mol. The van der Waals surface area contributed by atoms with Gasteiger partial charge in [-0.3, -0.25) is 9.52 Å². The summed E-state index contributed by atoms with van der Waals surface area (Å²) in [6.45, 7) is 0.108. The van der Waals surface area contributed by atoms with Crippen LogP contribution in [-0.2, 0) is 16.6 Å². The van der Waals surface area contributed by atoms with E-state index in [1.807, 2.05) is 0 Å². The second-order valence-electron chi connectivity index (χ2n) is 6.60. The molecule has 164 valence electrons. The normalized spacial score (nSPS) is 11.5. The zero-order valence-corrected chi connectivity index (χ0v) is 19.9. The summed E-state index contributed by atoms with van der Waals surface area (Å²) in [5, 5.41) is 3.86. The van der Waals surface area contributed by atoms with Crippen LogP contribution in [0.1, 0.15) is 15.9 Å². The molecule has 0 aliphatic heterocycles. The minimum absolute atomic E-state index is 0.0435. The summed E-state index contributed by atoms with van der Waals surface area (Å²) in [4.78, 5) is 12.8. The van der Waals surface area contributed by atoms with Crippen LogP contribution in [0.4, 0.5) is 5.69 Å². The minimum Gasteiger partial charge on any atom is -0.348 e. The molecule has 0 aliphatic carbocycles. The number of sulfonamides is 1. The van der Waals surface area contributed by atoms with Crippen molar-refractivity contribution in [1.82, 2.24) is 14.1 Å². The molecule has 0 bridgehead atoms. The minimum atomic E-state index is -4.06. The van der Waals surface area contributed by atoms with Crippen molar-refractivity contribution in [3.05, 3.63) is 80.8 Å². The van der Waals surface area contributed by atoms with Gasteiger partial charge in [0.15, 0.2) is 0 Å². The SMILES string of the molecule is O=C(NCc1ccc(Cl)cc1Cl)c1cc(Cl)ccc1NS(=O)(=O)c1cccc2nsnc12. The number of fused-ring (bicyclic) bond motifs is 1. The number of rotatable bonds is 6. The highest BCUT2D eigenvalue weighted by Gasteiger charge is 2.22. The van der Waals surface area contributed by atoms with Gasteiger partial charge >= 0.3 is 0 Å². The van der Waals surface area contributed by atoms with E-state index in [4.69, 9.17) is 34.8 Å². The van der Waals surface area contributed by atoms with Gasteiger partial charge < -0.3 is 5.32 Å². The maximum Gasteiger partial charge on any atom is 0.264 e. The Kier molecular flexibility index (Phi) is 6.55. The number of carbonyl (C=O) groups excluding carboxylic acids is 1. The zero-order valence-electron chi connectivity index (χ0n) is 16.0. The van der Waals surface area contributed by atoms with E-state index in [1.165, 1.54) is 24.3 Å². The van der Waals surface area contributed by atoms with Gasteiger partial charge in [-0.2, -0.15) is 8.75 Å². The molecule has 12 heteroatoms. The first-order valence-electron chi connectivity index (χ1n) is 9.00. The van der Waals surface area contributed by atoms with Gasteiger partial charge in [0.2, 0.25) is 0 Å². The van der Waals surface area contributed by atoms with Crippen molar-refractivity contribution in [2.45, 2.75) is 11.4 Å². The molecule has 1 aromatic heterocycles. The molecule has 0 fully saturated rings. The summed E-state index contributed by atoms with van der Waals surface area (Å²) in [5.41, 5.74) is 1.48. The number of amides is 1. The molecule has 2 N–H and O–H groups in total. The van der Waals surface area contributed by atoms with E-state index < -0.39 is 15.9 Å². The fraction of sp³-hybridized carbons (Fsp3) is 0.0500. The number of nitrogens with zero attached hydrogens (tertiary/aromatic N) is 2. The lowest BCUT2D eigenvalue weighted by molar-refractivity contribution is 0.0952. The maximum atomic E-state index is 13.1. The Morgan fingerprint density at radius 2 is 1.72 bits per heavy atom. The second kappa shape index (κ2) is 9.21. The van der Waals surface area contributed by atoms with E-state index in [2.05, 4.69) is 18.8 Å². The first kappa shape index (κ1) is 22.8. The van der Waals surface area contributed by atoms with Crippen LogP contribution in [0.25, 0.3) is 11.0 Å². The fourth-order valence-corrected chi connectivity index (χ4v) is 5.42. The summed E-state index contributed by atoms with van der Waals surface area (Å²) in [6, 6.07) is 13.9. The Hall–Kier alpha value is -2.43. The van der Waals surface area contributed by atoms with Gasteiger partial charge in [-0.1, -0.05) is 46.9 Å². The average molecular weight is 528 g/mol. The highest BCUT2D eigenvalue weighted by atomic mass is 35.5. The van der Waals surface area contributed by atoms with E-state index in [0.29, 0.717) is 21.1 Å². The lowest BCUT2D eigenvalue weighted by Gasteiger charge is -2.14. The lowest BCUT2D eigenvalue weighted by atomic mass is 10.1. The van der Waals surface area contributed by atoms with Crippen LogP contribution < -0.4 is 10.0 Å². The van der Waals surface area contributed by atoms with E-state index in [1.54, 1.807) is 30.3 Å². The summed E-state index contributed by atoms with van der Waals surface area (Å²) in [5.74, 6) is -0.537. The highest BCUT2D eigenvalue weighted by Crippen LogP contribution is 2.27. The van der Waals surface area contributed by atoms with Crippen molar-refractivity contribution in [2.24, 2.45) is 0 Å². The van der Waals surface area contributed by atoms with Crippen LogP contribution in [0.2, 0.25) is 15.1 Å². The molecule has 1 heterocycles. The summed E-state index contributed by atoms with van der Waals surface area (Å²) < 4.78 is 36.7. The summed E-state index contributed by atoms with van der Waals surface area (Å²) in [7, 11) is -4.06. The first-order chi connectivity index (χ1) is 15.2. The largest absolute Gasteiger partial charge is 0.348 e. The van der Waals surface area contributed by atoms with Gasteiger partial charge in [0.25, 0.3) is 15.9 Å². The second-order valence-corrected chi connectivity index (χ2v) is 10.1. The lowest BCUT2D eigenvalue weighted by Crippen LogP contribution is -2.25. The molecule has 4 rings (SSSR count). The first-order valence-corrected chi connectivity index (χ1v) is 12.3. The predicted molar refractivity (Wildman–Crippen MR) is 127 cm³/mol. The molecule has 0 aliphatic rings. The molecule has 3 aromatic carbocycles. The Bertz CT molecular complexity index is 1440. The smallest absolute Gasteiger partial charge is 0.264 e. The van der Waals surface area contributed by atoms with Crippen LogP contribution in [0.15, 0.2) is 59.5 Å². The van der Waals surface area contributed by atoms with E-state index >= 15 is 0 Å². The molecule has 4 aromatic rings. The number of carbonyl (C=O) groups is 1. The van der Waals surface area contributed by atoms with Gasteiger partial charge in [0, 0.05) is 21.6 Å². The van der Waals surface area contributed by atoms with Gasteiger partial charge in [0.1, 0.15) is 15.9 Å². The molecule has 0 spiro atoms. The van der Waals surface area contributed by atoms with Crippen LogP contribution in [0, 0.1) is 0 Å². The van der Waals surface area contributed by atoms with Gasteiger partial charge in [-0.15, -0.1) is 0 Å². The molecular formula is C20H13Cl3N4O3S2. The van der Waals surface area contributed by atoms with Gasteiger partial charge in [0.05, 0.1) is 23.0 Å². The average Bonchev–Trinajstić information content (AvgIpc) is 3.23. The van der Waals surface area contributed by atoms with Crippen molar-refractivity contribution in [1.29, 1.82) is 0 Å². The van der Waals surface area contributed by atoms with Crippen molar-refractivity contribution < 1.29 is 13.2 Å². The Labute approximate surface area is 202 Å². The Morgan fingerprint density at radius 3 is 2.50 bits per heavy atom. The van der Waals surface area contributed by atoms with Crippen LogP contribution in [0.3, 0.4) is 0 Å². The zero-order chi connectivity index (χ0) is 22.9. The summed E-state index contributed by atoms with van der Waals surface area (Å²) in [6.07, 6.45) is 0. The molecule has 0 unspecified atom stereocenters. The number of anilines is 1. The van der Waals surface area contributed by atoms with Crippen LogP contribution in [-0.4, -0.2) is 23.1 Å². The van der Waals surface area contributed by atoms with Gasteiger partial charge in [-0.25, -0.2) is 8.42 Å². The number of hydrogen-bond acceptors (Lipinski definition) is 6.